The molecule has 0 bridgehead atoms. The molecule has 1 saturated heterocycles. The zero-order valence-corrected chi connectivity index (χ0v) is 16.0. The summed E-state index contributed by atoms with van der Waals surface area (Å²) in [6.45, 7) is 4.68. The van der Waals surface area contributed by atoms with E-state index in [1.165, 1.54) is 12.1 Å². The Morgan fingerprint density at radius 3 is 2.54 bits per heavy atom. The van der Waals surface area contributed by atoms with Crippen LogP contribution in [0.25, 0.3) is 0 Å². The Kier molecular flexibility index (Phi) is 6.79. The molecule has 2 aromatic carbocycles. The van der Waals surface area contributed by atoms with Crippen molar-refractivity contribution in [3.8, 4) is 0 Å². The molecule has 2 aromatic rings. The summed E-state index contributed by atoms with van der Waals surface area (Å²) in [4.78, 5) is 15.0. The van der Waals surface area contributed by atoms with E-state index >= 15 is 0 Å². The van der Waals surface area contributed by atoms with E-state index < -0.39 is 0 Å². The lowest BCUT2D eigenvalue weighted by atomic mass is 9.92. The fraction of sp³-hybridized carbons (Fsp3) is 0.381. The summed E-state index contributed by atoms with van der Waals surface area (Å²) >= 11 is 0. The minimum atomic E-state index is -0.349. The number of rotatable bonds is 4. The zero-order chi connectivity index (χ0) is 18.0. The van der Waals surface area contributed by atoms with Crippen LogP contribution in [-0.4, -0.2) is 17.4 Å². The average Bonchev–Trinajstić information content (AvgIpc) is 3.02. The minimum absolute atomic E-state index is 0. The number of hydrogen-bond acceptors (Lipinski definition) is 2. The van der Waals surface area contributed by atoms with Crippen LogP contribution in [0.15, 0.2) is 54.6 Å². The molecule has 4 unspecified atom stereocenters. The molecular weight excluding hydrogens is 351 g/mol. The van der Waals surface area contributed by atoms with Crippen LogP contribution in [0.1, 0.15) is 43.5 Å². The Balaban J connectivity index is 0.00000243. The average molecular weight is 377 g/mol. The second-order valence-electron chi connectivity index (χ2n) is 7.02. The van der Waals surface area contributed by atoms with Gasteiger partial charge in [-0.1, -0.05) is 56.3 Å². The zero-order valence-electron chi connectivity index (χ0n) is 15.1. The number of nitrogens with two attached hydrogens (primary N) is 1. The number of hydrogen-bond donors (Lipinski definition) is 1. The Labute approximate surface area is 160 Å². The molecule has 5 heteroatoms. The molecule has 1 fully saturated rings. The maximum atomic E-state index is 13.7. The van der Waals surface area contributed by atoms with Gasteiger partial charge in [0.25, 0.3) is 0 Å². The third-order valence-electron chi connectivity index (χ3n) is 5.29. The molecule has 2 N–H and O–H groups in total. The molecule has 1 amide bonds. The van der Waals surface area contributed by atoms with Crippen molar-refractivity contribution >= 4 is 18.3 Å². The summed E-state index contributed by atoms with van der Waals surface area (Å²) in [7, 11) is 0. The van der Waals surface area contributed by atoms with Gasteiger partial charge in [0.15, 0.2) is 0 Å². The lowest BCUT2D eigenvalue weighted by Crippen LogP contribution is -2.39. The highest BCUT2D eigenvalue weighted by molar-refractivity contribution is 5.85. The first-order valence-corrected chi connectivity index (χ1v) is 8.85. The van der Waals surface area contributed by atoms with Gasteiger partial charge >= 0.3 is 0 Å². The van der Waals surface area contributed by atoms with Crippen molar-refractivity contribution in [3.63, 3.8) is 0 Å². The van der Waals surface area contributed by atoms with Crippen LogP contribution < -0.4 is 5.73 Å². The summed E-state index contributed by atoms with van der Waals surface area (Å²) in [5.41, 5.74) is 8.16. The van der Waals surface area contributed by atoms with E-state index in [1.54, 1.807) is 6.07 Å². The van der Waals surface area contributed by atoms with Crippen LogP contribution in [0.5, 0.6) is 0 Å². The van der Waals surface area contributed by atoms with Gasteiger partial charge < -0.3 is 10.6 Å². The molecular formula is C21H26ClFN2O. The fourth-order valence-electron chi connectivity index (χ4n) is 3.77. The van der Waals surface area contributed by atoms with Crippen molar-refractivity contribution in [1.82, 2.24) is 4.90 Å². The normalized spacial score (nSPS) is 21.8. The predicted octanol–water partition coefficient (Wildman–Crippen LogP) is 4.49. The third-order valence-corrected chi connectivity index (χ3v) is 5.29. The summed E-state index contributed by atoms with van der Waals surface area (Å²) in [6.07, 6.45) is 0.917. The topological polar surface area (TPSA) is 46.3 Å². The number of amides is 1. The number of nitrogens with zero attached hydrogens (tertiary/aromatic N) is 1. The first kappa shape index (κ1) is 20.4. The molecule has 140 valence electrons. The quantitative estimate of drug-likeness (QED) is 0.854. The van der Waals surface area contributed by atoms with E-state index in [9.17, 15) is 9.18 Å². The second kappa shape index (κ2) is 8.65. The lowest BCUT2D eigenvalue weighted by molar-refractivity contribution is -0.137. The number of benzene rings is 2. The van der Waals surface area contributed by atoms with Gasteiger partial charge in [-0.05, 0) is 35.6 Å². The summed E-state index contributed by atoms with van der Waals surface area (Å²) in [5, 5.41) is 0. The molecule has 0 saturated carbocycles. The number of likely N-dealkylation sites (tertiary alicyclic amines) is 1. The first-order valence-electron chi connectivity index (χ1n) is 8.85. The van der Waals surface area contributed by atoms with Gasteiger partial charge in [-0.3, -0.25) is 4.79 Å². The Morgan fingerprint density at radius 1 is 1.19 bits per heavy atom. The lowest BCUT2D eigenvalue weighted by Gasteiger charge is -2.31. The van der Waals surface area contributed by atoms with Gasteiger partial charge in [0.05, 0.1) is 12.0 Å². The molecule has 0 radical (unpaired) electrons. The molecule has 1 aliphatic rings. The number of halogens is 2. The van der Waals surface area contributed by atoms with Crippen molar-refractivity contribution in [1.29, 1.82) is 0 Å². The standard InChI is InChI=1S/C21H25FN2O.ClH/c1-14-11-12-24(20(14)17-9-6-10-18(22)13-17)21(25)15(2)19(23)16-7-4-3-5-8-16;/h3-10,13-15,19-20H,11-12,23H2,1-2H3;1H. The van der Waals surface area contributed by atoms with Crippen LogP contribution >= 0.6 is 12.4 Å². The predicted molar refractivity (Wildman–Crippen MR) is 104 cm³/mol. The van der Waals surface area contributed by atoms with Crippen molar-refractivity contribution in [2.45, 2.75) is 32.4 Å². The van der Waals surface area contributed by atoms with E-state index in [4.69, 9.17) is 5.73 Å². The summed E-state index contributed by atoms with van der Waals surface area (Å²) in [6, 6.07) is 15.8. The van der Waals surface area contributed by atoms with E-state index in [0.29, 0.717) is 12.5 Å². The van der Waals surface area contributed by atoms with Crippen LogP contribution in [-0.2, 0) is 4.79 Å². The Bertz CT molecular complexity index is 740. The van der Waals surface area contributed by atoms with Gasteiger partial charge in [-0.15, -0.1) is 12.4 Å². The van der Waals surface area contributed by atoms with Crippen molar-refractivity contribution in [2.75, 3.05) is 6.54 Å². The third kappa shape index (κ3) is 4.08. The van der Waals surface area contributed by atoms with E-state index in [-0.39, 0.29) is 42.1 Å². The highest BCUT2D eigenvalue weighted by Crippen LogP contribution is 2.39. The maximum absolute atomic E-state index is 13.7. The minimum Gasteiger partial charge on any atom is -0.335 e. The van der Waals surface area contributed by atoms with Gasteiger partial charge in [0, 0.05) is 12.6 Å². The molecule has 0 spiro atoms. The largest absolute Gasteiger partial charge is 0.335 e. The SMILES string of the molecule is CC1CCN(C(=O)C(C)C(N)c2ccccc2)C1c1cccc(F)c1.Cl. The highest BCUT2D eigenvalue weighted by atomic mass is 35.5. The second-order valence-corrected chi connectivity index (χ2v) is 7.02. The van der Waals surface area contributed by atoms with Crippen LogP contribution in [0.2, 0.25) is 0 Å². The maximum Gasteiger partial charge on any atom is 0.227 e. The molecule has 3 nitrogen and oxygen atoms in total. The van der Waals surface area contributed by atoms with E-state index in [1.807, 2.05) is 48.2 Å². The monoisotopic (exact) mass is 376 g/mol. The van der Waals surface area contributed by atoms with E-state index in [2.05, 4.69) is 6.92 Å². The summed E-state index contributed by atoms with van der Waals surface area (Å²) < 4.78 is 13.7. The fourth-order valence-corrected chi connectivity index (χ4v) is 3.77. The molecule has 3 rings (SSSR count). The molecule has 1 heterocycles. The van der Waals surface area contributed by atoms with Gasteiger partial charge in [0.1, 0.15) is 5.82 Å². The van der Waals surface area contributed by atoms with Gasteiger partial charge in [0.2, 0.25) is 5.91 Å². The highest BCUT2D eigenvalue weighted by Gasteiger charge is 2.38. The van der Waals surface area contributed by atoms with Crippen LogP contribution in [0.3, 0.4) is 0 Å². The van der Waals surface area contributed by atoms with E-state index in [0.717, 1.165) is 17.5 Å². The molecule has 26 heavy (non-hydrogen) atoms. The molecule has 4 atom stereocenters. The first-order chi connectivity index (χ1) is 12.0. The van der Waals surface area contributed by atoms with Crippen molar-refractivity contribution in [3.05, 3.63) is 71.5 Å². The molecule has 1 aliphatic heterocycles. The van der Waals surface area contributed by atoms with Crippen LogP contribution in [0, 0.1) is 17.7 Å². The Hall–Kier alpha value is -1.91. The molecule has 0 aromatic heterocycles. The Morgan fingerprint density at radius 2 is 1.88 bits per heavy atom. The van der Waals surface area contributed by atoms with Crippen LogP contribution in [0.4, 0.5) is 4.39 Å². The van der Waals surface area contributed by atoms with Crippen molar-refractivity contribution < 1.29 is 9.18 Å². The molecule has 0 aliphatic carbocycles. The smallest absolute Gasteiger partial charge is 0.227 e. The van der Waals surface area contributed by atoms with Gasteiger partial charge in [-0.25, -0.2) is 4.39 Å². The number of carbonyl (C=O) groups is 1. The number of carbonyl (C=O) groups excluding carboxylic acids is 1. The van der Waals surface area contributed by atoms with Gasteiger partial charge in [-0.2, -0.15) is 0 Å². The summed E-state index contributed by atoms with van der Waals surface area (Å²) in [5.74, 6) is -0.261. The van der Waals surface area contributed by atoms with Crippen molar-refractivity contribution in [2.24, 2.45) is 17.6 Å².